The van der Waals surface area contributed by atoms with Gasteiger partial charge in [-0.3, -0.25) is 0 Å². The van der Waals surface area contributed by atoms with Crippen LogP contribution in [0.5, 0.6) is 0 Å². The lowest BCUT2D eigenvalue weighted by Crippen LogP contribution is -2.45. The Morgan fingerprint density at radius 3 is 1.23 bits per heavy atom. The van der Waals surface area contributed by atoms with Crippen LogP contribution in [0.4, 0.5) is 0 Å². The molecule has 0 spiro atoms. The molecule has 0 N–H and O–H groups in total. The molecule has 3 unspecified atom stereocenters. The monoisotopic (exact) mass is 428 g/mol. The molecule has 0 aliphatic carbocycles. The molecule has 3 aliphatic heterocycles. The number of rotatable bonds is 8. The first-order chi connectivity index (χ1) is 13.8. The van der Waals surface area contributed by atoms with Gasteiger partial charge < -0.3 is 28.4 Å². The number of hydrogen-bond acceptors (Lipinski definition) is 6. The van der Waals surface area contributed by atoms with Crippen molar-refractivity contribution >= 4 is 0 Å². The minimum atomic E-state index is -0.662. The summed E-state index contributed by atoms with van der Waals surface area (Å²) in [4.78, 5) is 0. The standard InChI is InChI=1S/C24H44O6/c1-15(2)10-22(7)25-13-18(27-22)20-21(30-24(9,29-20)12-17(5)6)19-14-26-23(8,28-19)11-16(3)4/h15-21H,10-14H2,1-9H3/t18-,19+,20-,21-,22?,23?,24?/m1/s1. The Kier molecular flexibility index (Phi) is 7.28. The molecule has 30 heavy (non-hydrogen) atoms. The quantitative estimate of drug-likeness (QED) is 0.549. The Balaban J connectivity index is 1.76. The van der Waals surface area contributed by atoms with Gasteiger partial charge in [-0.25, -0.2) is 0 Å². The lowest BCUT2D eigenvalue weighted by Gasteiger charge is -2.30. The molecular weight excluding hydrogens is 384 g/mol. The van der Waals surface area contributed by atoms with Crippen molar-refractivity contribution in [2.45, 2.75) is 123 Å². The van der Waals surface area contributed by atoms with E-state index in [-0.39, 0.29) is 24.4 Å². The Hall–Kier alpha value is -0.240. The summed E-state index contributed by atoms with van der Waals surface area (Å²) in [7, 11) is 0. The van der Waals surface area contributed by atoms with Crippen molar-refractivity contribution < 1.29 is 28.4 Å². The molecule has 0 radical (unpaired) electrons. The largest absolute Gasteiger partial charge is 0.347 e. The maximum absolute atomic E-state index is 6.55. The van der Waals surface area contributed by atoms with Gasteiger partial charge in [0.2, 0.25) is 0 Å². The Labute approximate surface area is 183 Å². The van der Waals surface area contributed by atoms with E-state index in [9.17, 15) is 0 Å². The fourth-order valence-corrected chi connectivity index (χ4v) is 5.46. The van der Waals surface area contributed by atoms with Crippen molar-refractivity contribution in [1.29, 1.82) is 0 Å². The van der Waals surface area contributed by atoms with Gasteiger partial charge in [-0.05, 0) is 38.5 Å². The van der Waals surface area contributed by atoms with Gasteiger partial charge in [0.1, 0.15) is 24.4 Å². The molecule has 0 aromatic rings. The normalized spacial score (nSPS) is 44.8. The molecule has 3 rings (SSSR count). The van der Waals surface area contributed by atoms with Gasteiger partial charge in [0.05, 0.1) is 13.2 Å². The smallest absolute Gasteiger partial charge is 0.167 e. The highest BCUT2D eigenvalue weighted by molar-refractivity contribution is 4.98. The van der Waals surface area contributed by atoms with Crippen LogP contribution < -0.4 is 0 Å². The van der Waals surface area contributed by atoms with Crippen molar-refractivity contribution in [3.05, 3.63) is 0 Å². The minimum absolute atomic E-state index is 0.187. The molecule has 6 nitrogen and oxygen atoms in total. The van der Waals surface area contributed by atoms with Crippen molar-refractivity contribution in [2.24, 2.45) is 17.8 Å². The molecule has 0 aromatic heterocycles. The molecule has 0 saturated carbocycles. The Morgan fingerprint density at radius 1 is 0.567 bits per heavy atom. The molecule has 3 aliphatic rings. The van der Waals surface area contributed by atoms with Gasteiger partial charge >= 0.3 is 0 Å². The summed E-state index contributed by atoms with van der Waals surface area (Å²) in [5, 5.41) is 0. The van der Waals surface area contributed by atoms with E-state index in [0.29, 0.717) is 31.0 Å². The van der Waals surface area contributed by atoms with Gasteiger partial charge in [-0.1, -0.05) is 41.5 Å². The van der Waals surface area contributed by atoms with E-state index >= 15 is 0 Å². The first-order valence-corrected chi connectivity index (χ1v) is 11.8. The SMILES string of the molecule is CC(C)CC1(C)O[C@H]([C@@H]2COC(C)(CC(C)C)O2)[C@@H]([C@H]2COC(C)(CC(C)C)O2)O1. The van der Waals surface area contributed by atoms with E-state index in [1.54, 1.807) is 0 Å². The van der Waals surface area contributed by atoms with Crippen LogP contribution in [0, 0.1) is 17.8 Å². The third-order valence-corrected chi connectivity index (χ3v) is 6.07. The second kappa shape index (κ2) is 8.95. The third kappa shape index (κ3) is 5.76. The van der Waals surface area contributed by atoms with Gasteiger partial charge in [0.15, 0.2) is 17.4 Å². The van der Waals surface area contributed by atoms with E-state index in [1.807, 2.05) is 20.8 Å². The molecule has 0 amide bonds. The van der Waals surface area contributed by atoms with Crippen molar-refractivity contribution in [1.82, 2.24) is 0 Å². The number of hydrogen-bond donors (Lipinski definition) is 0. The molecule has 0 bridgehead atoms. The summed E-state index contributed by atoms with van der Waals surface area (Å²) in [6.45, 7) is 20.2. The second-order valence-corrected chi connectivity index (χ2v) is 11.3. The van der Waals surface area contributed by atoms with Crippen LogP contribution in [-0.2, 0) is 28.4 Å². The Morgan fingerprint density at radius 2 is 0.900 bits per heavy atom. The zero-order valence-electron chi connectivity index (χ0n) is 20.5. The predicted octanol–water partition coefficient (Wildman–Crippen LogP) is 4.89. The fourth-order valence-electron chi connectivity index (χ4n) is 5.46. The summed E-state index contributed by atoms with van der Waals surface area (Å²) in [5.41, 5.74) is 0. The minimum Gasteiger partial charge on any atom is -0.347 e. The van der Waals surface area contributed by atoms with Crippen LogP contribution in [0.2, 0.25) is 0 Å². The van der Waals surface area contributed by atoms with Gasteiger partial charge in [0, 0.05) is 19.3 Å². The predicted molar refractivity (Wildman–Crippen MR) is 115 cm³/mol. The van der Waals surface area contributed by atoms with E-state index in [1.165, 1.54) is 0 Å². The molecule has 176 valence electrons. The molecule has 0 aromatic carbocycles. The van der Waals surface area contributed by atoms with E-state index in [0.717, 1.165) is 19.3 Å². The molecule has 6 heteroatoms. The maximum Gasteiger partial charge on any atom is 0.167 e. The van der Waals surface area contributed by atoms with E-state index < -0.39 is 17.4 Å². The van der Waals surface area contributed by atoms with E-state index in [4.69, 9.17) is 28.4 Å². The topological polar surface area (TPSA) is 55.4 Å². The van der Waals surface area contributed by atoms with Crippen LogP contribution in [-0.4, -0.2) is 55.0 Å². The van der Waals surface area contributed by atoms with Gasteiger partial charge in [-0.15, -0.1) is 0 Å². The lowest BCUT2D eigenvalue weighted by atomic mass is 10.0. The van der Waals surface area contributed by atoms with Gasteiger partial charge in [-0.2, -0.15) is 0 Å². The zero-order chi connectivity index (χ0) is 22.3. The van der Waals surface area contributed by atoms with Crippen LogP contribution in [0.1, 0.15) is 81.6 Å². The van der Waals surface area contributed by atoms with Crippen molar-refractivity contribution in [2.75, 3.05) is 13.2 Å². The summed E-state index contributed by atoms with van der Waals surface area (Å²) >= 11 is 0. The average Bonchev–Trinajstić information content (AvgIpc) is 3.21. The fraction of sp³-hybridized carbons (Fsp3) is 1.00. The summed E-state index contributed by atoms with van der Waals surface area (Å²) < 4.78 is 38.2. The summed E-state index contributed by atoms with van der Waals surface area (Å²) in [5.74, 6) is -0.399. The summed E-state index contributed by atoms with van der Waals surface area (Å²) in [6.07, 6.45) is 1.63. The van der Waals surface area contributed by atoms with Crippen molar-refractivity contribution in [3.8, 4) is 0 Å². The first-order valence-electron chi connectivity index (χ1n) is 11.8. The average molecular weight is 429 g/mol. The van der Waals surface area contributed by atoms with E-state index in [2.05, 4.69) is 41.5 Å². The highest BCUT2D eigenvalue weighted by Gasteiger charge is 2.57. The van der Waals surface area contributed by atoms with Crippen molar-refractivity contribution in [3.63, 3.8) is 0 Å². The maximum atomic E-state index is 6.55. The second-order valence-electron chi connectivity index (χ2n) is 11.3. The lowest BCUT2D eigenvalue weighted by molar-refractivity contribution is -0.201. The molecule has 3 fully saturated rings. The van der Waals surface area contributed by atoms with Crippen LogP contribution in [0.25, 0.3) is 0 Å². The number of ether oxygens (including phenoxy) is 6. The highest BCUT2D eigenvalue weighted by atomic mass is 16.8. The molecule has 7 atom stereocenters. The third-order valence-electron chi connectivity index (χ3n) is 6.07. The highest BCUT2D eigenvalue weighted by Crippen LogP contribution is 2.43. The summed E-state index contributed by atoms with van der Waals surface area (Å²) in [6, 6.07) is 0. The Bertz CT molecular complexity index is 536. The molecular formula is C24H44O6. The zero-order valence-corrected chi connectivity index (χ0v) is 20.5. The van der Waals surface area contributed by atoms with Crippen LogP contribution in [0.15, 0.2) is 0 Å². The first kappa shape index (κ1) is 24.4. The van der Waals surface area contributed by atoms with Gasteiger partial charge in [0.25, 0.3) is 0 Å². The molecule has 3 heterocycles. The molecule has 3 saturated heterocycles. The van der Waals surface area contributed by atoms with Crippen LogP contribution in [0.3, 0.4) is 0 Å². The van der Waals surface area contributed by atoms with Crippen LogP contribution >= 0.6 is 0 Å².